The van der Waals surface area contributed by atoms with Gasteiger partial charge in [0.15, 0.2) is 0 Å². The maximum Gasteiger partial charge on any atom is 0.251 e. The van der Waals surface area contributed by atoms with Gasteiger partial charge in [0.1, 0.15) is 0 Å². The first-order chi connectivity index (χ1) is 7.65. The minimum absolute atomic E-state index is 0.0404. The Labute approximate surface area is 96.2 Å². The standard InChI is InChI=1S/C13H18N2O/c1-9(2)14-11-5-3-10(4-6-11)13(16)15-12-7-8-12/h3-6,9,12,14H,7-8H2,1-2H3,(H,15,16). The van der Waals surface area contributed by atoms with E-state index in [2.05, 4.69) is 24.5 Å². The molecule has 0 saturated heterocycles. The Kier molecular flexibility index (Phi) is 3.13. The fourth-order valence-electron chi connectivity index (χ4n) is 1.55. The van der Waals surface area contributed by atoms with E-state index in [1.807, 2.05) is 24.3 Å². The molecule has 0 bridgehead atoms. The molecular weight excluding hydrogens is 200 g/mol. The van der Waals surface area contributed by atoms with Crippen LogP contribution in [0.3, 0.4) is 0 Å². The van der Waals surface area contributed by atoms with Gasteiger partial charge in [-0.25, -0.2) is 0 Å². The monoisotopic (exact) mass is 218 g/mol. The summed E-state index contributed by atoms with van der Waals surface area (Å²) in [5.74, 6) is 0.0404. The van der Waals surface area contributed by atoms with Gasteiger partial charge in [-0.05, 0) is 51.0 Å². The highest BCUT2D eigenvalue weighted by Crippen LogP contribution is 2.19. The first-order valence-electron chi connectivity index (χ1n) is 5.82. The molecule has 86 valence electrons. The third kappa shape index (κ3) is 2.99. The topological polar surface area (TPSA) is 41.1 Å². The number of amides is 1. The van der Waals surface area contributed by atoms with Crippen LogP contribution in [0.2, 0.25) is 0 Å². The van der Waals surface area contributed by atoms with E-state index in [-0.39, 0.29) is 5.91 Å². The van der Waals surface area contributed by atoms with Gasteiger partial charge >= 0.3 is 0 Å². The summed E-state index contributed by atoms with van der Waals surface area (Å²) in [4.78, 5) is 11.7. The Hall–Kier alpha value is -1.51. The van der Waals surface area contributed by atoms with Gasteiger partial charge in [-0.15, -0.1) is 0 Å². The summed E-state index contributed by atoms with van der Waals surface area (Å²) in [6, 6.07) is 8.45. The van der Waals surface area contributed by atoms with Gasteiger partial charge in [-0.3, -0.25) is 4.79 Å². The molecule has 1 aliphatic carbocycles. The van der Waals surface area contributed by atoms with Crippen molar-refractivity contribution in [1.82, 2.24) is 5.32 Å². The Morgan fingerprint density at radius 2 is 1.88 bits per heavy atom. The minimum atomic E-state index is 0.0404. The van der Waals surface area contributed by atoms with Crippen LogP contribution in [0, 0.1) is 0 Å². The molecule has 2 N–H and O–H groups in total. The maximum atomic E-state index is 11.7. The van der Waals surface area contributed by atoms with E-state index in [1.165, 1.54) is 0 Å². The van der Waals surface area contributed by atoms with E-state index in [4.69, 9.17) is 0 Å². The van der Waals surface area contributed by atoms with Crippen LogP contribution in [0.4, 0.5) is 5.69 Å². The fourth-order valence-corrected chi connectivity index (χ4v) is 1.55. The van der Waals surface area contributed by atoms with Crippen LogP contribution in [0.1, 0.15) is 37.0 Å². The average Bonchev–Trinajstić information content (AvgIpc) is 3.01. The second kappa shape index (κ2) is 4.56. The Balaban J connectivity index is 1.97. The number of carbonyl (C=O) groups excluding carboxylic acids is 1. The van der Waals surface area contributed by atoms with Crippen molar-refractivity contribution < 1.29 is 4.79 Å². The van der Waals surface area contributed by atoms with Crippen molar-refractivity contribution in [3.63, 3.8) is 0 Å². The molecule has 1 saturated carbocycles. The Bertz CT molecular complexity index is 366. The van der Waals surface area contributed by atoms with E-state index < -0.39 is 0 Å². The summed E-state index contributed by atoms with van der Waals surface area (Å²) in [5, 5.41) is 6.26. The van der Waals surface area contributed by atoms with Crippen molar-refractivity contribution >= 4 is 11.6 Å². The van der Waals surface area contributed by atoms with Crippen molar-refractivity contribution in [3.05, 3.63) is 29.8 Å². The van der Waals surface area contributed by atoms with Crippen LogP contribution in [0.5, 0.6) is 0 Å². The molecule has 0 atom stereocenters. The van der Waals surface area contributed by atoms with Gasteiger partial charge in [0.25, 0.3) is 5.91 Å². The van der Waals surface area contributed by atoms with E-state index in [0.717, 1.165) is 24.1 Å². The number of anilines is 1. The highest BCUT2D eigenvalue weighted by atomic mass is 16.1. The smallest absolute Gasteiger partial charge is 0.251 e. The fraction of sp³-hybridized carbons (Fsp3) is 0.462. The van der Waals surface area contributed by atoms with Crippen molar-refractivity contribution in [2.75, 3.05) is 5.32 Å². The number of hydrogen-bond donors (Lipinski definition) is 2. The highest BCUT2D eigenvalue weighted by molar-refractivity contribution is 5.94. The molecule has 16 heavy (non-hydrogen) atoms. The Morgan fingerprint density at radius 3 is 2.38 bits per heavy atom. The lowest BCUT2D eigenvalue weighted by Gasteiger charge is -2.10. The zero-order chi connectivity index (χ0) is 11.5. The molecule has 3 heteroatoms. The molecule has 1 aromatic carbocycles. The van der Waals surface area contributed by atoms with E-state index in [9.17, 15) is 4.79 Å². The van der Waals surface area contributed by atoms with E-state index in [0.29, 0.717) is 12.1 Å². The molecule has 0 spiro atoms. The SMILES string of the molecule is CC(C)Nc1ccc(C(=O)NC2CC2)cc1. The number of nitrogens with one attached hydrogen (secondary N) is 2. The van der Waals surface area contributed by atoms with Crippen LogP contribution >= 0.6 is 0 Å². The number of rotatable bonds is 4. The maximum absolute atomic E-state index is 11.7. The molecule has 1 fully saturated rings. The van der Waals surface area contributed by atoms with Gasteiger partial charge < -0.3 is 10.6 Å². The van der Waals surface area contributed by atoms with Crippen molar-refractivity contribution in [1.29, 1.82) is 0 Å². The molecule has 0 heterocycles. The first kappa shape index (κ1) is 11.0. The van der Waals surface area contributed by atoms with E-state index >= 15 is 0 Å². The molecule has 0 unspecified atom stereocenters. The number of carbonyl (C=O) groups is 1. The summed E-state index contributed by atoms with van der Waals surface area (Å²) in [7, 11) is 0. The lowest BCUT2D eigenvalue weighted by molar-refractivity contribution is 0.0951. The number of benzene rings is 1. The molecule has 0 aromatic heterocycles. The van der Waals surface area contributed by atoms with Gasteiger partial charge in [0.2, 0.25) is 0 Å². The van der Waals surface area contributed by atoms with Crippen LogP contribution in [-0.4, -0.2) is 18.0 Å². The van der Waals surface area contributed by atoms with Crippen molar-refractivity contribution in [2.45, 2.75) is 38.8 Å². The molecule has 3 nitrogen and oxygen atoms in total. The van der Waals surface area contributed by atoms with Gasteiger partial charge in [-0.1, -0.05) is 0 Å². The Morgan fingerprint density at radius 1 is 1.25 bits per heavy atom. The third-order valence-corrected chi connectivity index (χ3v) is 2.51. The first-order valence-corrected chi connectivity index (χ1v) is 5.82. The van der Waals surface area contributed by atoms with Crippen LogP contribution < -0.4 is 10.6 Å². The quantitative estimate of drug-likeness (QED) is 0.814. The van der Waals surface area contributed by atoms with Crippen LogP contribution in [0.25, 0.3) is 0 Å². The molecule has 1 aliphatic rings. The normalized spacial score (nSPS) is 14.9. The third-order valence-electron chi connectivity index (χ3n) is 2.51. The predicted molar refractivity (Wildman–Crippen MR) is 65.7 cm³/mol. The summed E-state index contributed by atoms with van der Waals surface area (Å²) in [5.41, 5.74) is 1.79. The van der Waals surface area contributed by atoms with Crippen LogP contribution in [0.15, 0.2) is 24.3 Å². The minimum Gasteiger partial charge on any atom is -0.383 e. The van der Waals surface area contributed by atoms with Crippen molar-refractivity contribution in [2.24, 2.45) is 0 Å². The van der Waals surface area contributed by atoms with Gasteiger partial charge in [0.05, 0.1) is 0 Å². The molecule has 0 aliphatic heterocycles. The second-order valence-corrected chi connectivity index (χ2v) is 4.62. The van der Waals surface area contributed by atoms with Crippen molar-refractivity contribution in [3.8, 4) is 0 Å². The summed E-state index contributed by atoms with van der Waals surface area (Å²) < 4.78 is 0. The predicted octanol–water partition coefficient (Wildman–Crippen LogP) is 2.40. The largest absolute Gasteiger partial charge is 0.383 e. The van der Waals surface area contributed by atoms with Gasteiger partial charge in [-0.2, -0.15) is 0 Å². The highest BCUT2D eigenvalue weighted by Gasteiger charge is 2.23. The summed E-state index contributed by atoms with van der Waals surface area (Å²) >= 11 is 0. The molecule has 1 amide bonds. The lowest BCUT2D eigenvalue weighted by Crippen LogP contribution is -2.25. The van der Waals surface area contributed by atoms with E-state index in [1.54, 1.807) is 0 Å². The zero-order valence-electron chi connectivity index (χ0n) is 9.79. The second-order valence-electron chi connectivity index (χ2n) is 4.62. The number of hydrogen-bond acceptors (Lipinski definition) is 2. The average molecular weight is 218 g/mol. The summed E-state index contributed by atoms with van der Waals surface area (Å²) in [6.07, 6.45) is 2.25. The van der Waals surface area contributed by atoms with Crippen LogP contribution in [-0.2, 0) is 0 Å². The summed E-state index contributed by atoms with van der Waals surface area (Å²) in [6.45, 7) is 4.18. The lowest BCUT2D eigenvalue weighted by atomic mass is 10.2. The molecule has 0 radical (unpaired) electrons. The molecule has 2 rings (SSSR count). The van der Waals surface area contributed by atoms with Gasteiger partial charge in [0, 0.05) is 23.3 Å². The zero-order valence-corrected chi connectivity index (χ0v) is 9.79. The molecular formula is C13H18N2O. The molecule has 1 aromatic rings.